The topological polar surface area (TPSA) is 56.6 Å². The van der Waals surface area contributed by atoms with E-state index in [1.165, 1.54) is 9.47 Å². The molecule has 9 heteroatoms. The van der Waals surface area contributed by atoms with E-state index in [9.17, 15) is 18.0 Å². The Labute approximate surface area is 132 Å². The molecule has 1 fully saturated rings. The highest BCUT2D eigenvalue weighted by Crippen LogP contribution is 2.27. The summed E-state index contributed by atoms with van der Waals surface area (Å²) in [4.78, 5) is 16.9. The van der Waals surface area contributed by atoms with Crippen molar-refractivity contribution in [3.8, 4) is 0 Å². The molecule has 1 aromatic heterocycles. The molecule has 2 heterocycles. The maximum Gasteiger partial charge on any atom is 0.434 e. The van der Waals surface area contributed by atoms with Crippen molar-refractivity contribution in [2.75, 3.05) is 19.7 Å². The van der Waals surface area contributed by atoms with Gasteiger partial charge < -0.3 is 18.9 Å². The Morgan fingerprint density at radius 1 is 1.43 bits per heavy atom. The van der Waals surface area contributed by atoms with Crippen molar-refractivity contribution in [3.63, 3.8) is 0 Å². The highest BCUT2D eigenvalue weighted by molar-refractivity contribution is 5.68. The van der Waals surface area contributed by atoms with Crippen LogP contribution >= 0.6 is 0 Å². The van der Waals surface area contributed by atoms with Gasteiger partial charge in [-0.15, -0.1) is 0 Å². The average molecular weight is 335 g/mol. The molecule has 0 unspecified atom stereocenters. The maximum absolute atomic E-state index is 12.5. The van der Waals surface area contributed by atoms with Crippen molar-refractivity contribution in [2.24, 2.45) is 0 Å². The van der Waals surface area contributed by atoms with Crippen molar-refractivity contribution in [1.82, 2.24) is 14.5 Å². The fraction of sp³-hybridized carbons (Fsp3) is 0.714. The van der Waals surface area contributed by atoms with Crippen molar-refractivity contribution >= 4 is 6.09 Å². The van der Waals surface area contributed by atoms with Gasteiger partial charge >= 0.3 is 12.3 Å². The Bertz CT molecular complexity index is 551. The van der Waals surface area contributed by atoms with Crippen LogP contribution in [0.5, 0.6) is 0 Å². The highest BCUT2D eigenvalue weighted by atomic mass is 19.4. The predicted molar refractivity (Wildman–Crippen MR) is 74.8 cm³/mol. The standard InChI is InChI=1S/C14H20F3N3O3/c1-13(2,3)23-12(21)20-4-5-22-10(7-20)6-19-8-11(18-9-19)14(15,16)17/h8-10H,4-7H2,1-3H3/t10-/m1/s1. The normalized spacial score (nSPS) is 19.7. The molecule has 6 nitrogen and oxygen atoms in total. The van der Waals surface area contributed by atoms with Crippen LogP contribution in [0.3, 0.4) is 0 Å². The number of rotatable bonds is 2. The van der Waals surface area contributed by atoms with E-state index >= 15 is 0 Å². The van der Waals surface area contributed by atoms with E-state index in [4.69, 9.17) is 9.47 Å². The van der Waals surface area contributed by atoms with Crippen LogP contribution in [0, 0.1) is 0 Å². The van der Waals surface area contributed by atoms with E-state index in [0.717, 1.165) is 12.5 Å². The summed E-state index contributed by atoms with van der Waals surface area (Å²) in [6.07, 6.45) is -3.30. The monoisotopic (exact) mass is 335 g/mol. The third-order valence-corrected chi connectivity index (χ3v) is 3.13. The lowest BCUT2D eigenvalue weighted by Gasteiger charge is -2.34. The second-order valence-electron chi connectivity index (χ2n) is 6.37. The number of aromatic nitrogens is 2. The first-order valence-corrected chi connectivity index (χ1v) is 7.23. The summed E-state index contributed by atoms with van der Waals surface area (Å²) in [5, 5.41) is 0. The molecular weight excluding hydrogens is 315 g/mol. The number of hydrogen-bond donors (Lipinski definition) is 0. The Kier molecular flexibility index (Phi) is 4.88. The summed E-state index contributed by atoms with van der Waals surface area (Å²) in [5.74, 6) is 0. The predicted octanol–water partition coefficient (Wildman–Crippen LogP) is 2.54. The van der Waals surface area contributed by atoms with Gasteiger partial charge in [0.25, 0.3) is 0 Å². The van der Waals surface area contributed by atoms with E-state index in [1.54, 1.807) is 20.8 Å². The molecule has 1 amide bonds. The second kappa shape index (κ2) is 6.38. The molecule has 130 valence electrons. The van der Waals surface area contributed by atoms with Crippen LogP contribution in [-0.2, 0) is 22.2 Å². The summed E-state index contributed by atoms with van der Waals surface area (Å²) >= 11 is 0. The van der Waals surface area contributed by atoms with E-state index in [1.807, 2.05) is 0 Å². The number of halogens is 3. The first kappa shape index (κ1) is 17.6. The largest absolute Gasteiger partial charge is 0.444 e. The first-order chi connectivity index (χ1) is 10.5. The summed E-state index contributed by atoms with van der Waals surface area (Å²) < 4.78 is 49.7. The summed E-state index contributed by atoms with van der Waals surface area (Å²) in [7, 11) is 0. The van der Waals surface area contributed by atoms with Gasteiger partial charge in [0, 0.05) is 12.7 Å². The van der Waals surface area contributed by atoms with Crippen LogP contribution < -0.4 is 0 Å². The number of amides is 1. The van der Waals surface area contributed by atoms with Gasteiger partial charge in [0.15, 0.2) is 5.69 Å². The molecular formula is C14H20F3N3O3. The van der Waals surface area contributed by atoms with E-state index in [0.29, 0.717) is 13.2 Å². The fourth-order valence-electron chi connectivity index (χ4n) is 2.16. The van der Waals surface area contributed by atoms with Gasteiger partial charge in [-0.3, -0.25) is 0 Å². The van der Waals surface area contributed by atoms with Crippen molar-refractivity contribution in [2.45, 2.75) is 45.2 Å². The number of hydrogen-bond acceptors (Lipinski definition) is 4. The zero-order valence-electron chi connectivity index (χ0n) is 13.3. The first-order valence-electron chi connectivity index (χ1n) is 7.23. The smallest absolute Gasteiger partial charge is 0.434 e. The minimum atomic E-state index is -4.47. The van der Waals surface area contributed by atoms with Gasteiger partial charge in [-0.1, -0.05) is 0 Å². The molecule has 0 saturated carbocycles. The molecule has 0 aromatic carbocycles. The number of morpholine rings is 1. The van der Waals surface area contributed by atoms with Crippen LogP contribution in [0.1, 0.15) is 26.5 Å². The minimum Gasteiger partial charge on any atom is -0.444 e. The lowest BCUT2D eigenvalue weighted by molar-refractivity contribution is -0.141. The fourth-order valence-corrected chi connectivity index (χ4v) is 2.16. The maximum atomic E-state index is 12.5. The molecule has 0 spiro atoms. The lowest BCUT2D eigenvalue weighted by Crippen LogP contribution is -2.48. The Morgan fingerprint density at radius 3 is 2.70 bits per heavy atom. The second-order valence-corrected chi connectivity index (χ2v) is 6.37. The number of carbonyl (C=O) groups excluding carboxylic acids is 1. The van der Waals surface area contributed by atoms with Crippen LogP contribution in [0.4, 0.5) is 18.0 Å². The number of carbonyl (C=O) groups is 1. The van der Waals surface area contributed by atoms with E-state index in [2.05, 4.69) is 4.98 Å². The van der Waals surface area contributed by atoms with Crippen LogP contribution in [-0.4, -0.2) is 51.9 Å². The molecule has 1 saturated heterocycles. The molecule has 0 radical (unpaired) electrons. The number of imidazole rings is 1. The third-order valence-electron chi connectivity index (χ3n) is 3.13. The molecule has 1 aliphatic heterocycles. The Hall–Kier alpha value is -1.77. The van der Waals surface area contributed by atoms with Crippen LogP contribution in [0.25, 0.3) is 0 Å². The molecule has 23 heavy (non-hydrogen) atoms. The van der Waals surface area contributed by atoms with Crippen molar-refractivity contribution < 1.29 is 27.4 Å². The highest BCUT2D eigenvalue weighted by Gasteiger charge is 2.34. The van der Waals surface area contributed by atoms with Crippen molar-refractivity contribution in [1.29, 1.82) is 0 Å². The van der Waals surface area contributed by atoms with E-state index < -0.39 is 29.7 Å². The van der Waals surface area contributed by atoms with Gasteiger partial charge in [0.05, 0.1) is 32.1 Å². The zero-order chi connectivity index (χ0) is 17.3. The van der Waals surface area contributed by atoms with Gasteiger partial charge in [0.1, 0.15) is 5.60 Å². The van der Waals surface area contributed by atoms with Gasteiger partial charge in [-0.2, -0.15) is 13.2 Å². The summed E-state index contributed by atoms with van der Waals surface area (Å²) in [6, 6.07) is 0. The van der Waals surface area contributed by atoms with Crippen LogP contribution in [0.2, 0.25) is 0 Å². The number of ether oxygens (including phenoxy) is 2. The average Bonchev–Trinajstić information content (AvgIpc) is 2.85. The van der Waals surface area contributed by atoms with E-state index in [-0.39, 0.29) is 13.1 Å². The van der Waals surface area contributed by atoms with Crippen molar-refractivity contribution in [3.05, 3.63) is 18.2 Å². The molecule has 0 N–H and O–H groups in total. The molecule has 1 atom stereocenters. The molecule has 0 aliphatic carbocycles. The quantitative estimate of drug-likeness (QED) is 0.833. The number of alkyl halides is 3. The third kappa shape index (κ3) is 5.12. The zero-order valence-corrected chi connectivity index (χ0v) is 13.3. The van der Waals surface area contributed by atoms with Gasteiger partial charge in [-0.25, -0.2) is 9.78 Å². The summed E-state index contributed by atoms with van der Waals surface area (Å²) in [6.45, 7) is 6.46. The molecule has 1 aliphatic rings. The summed E-state index contributed by atoms with van der Waals surface area (Å²) in [5.41, 5.74) is -1.55. The molecule has 0 bridgehead atoms. The van der Waals surface area contributed by atoms with Gasteiger partial charge in [-0.05, 0) is 20.8 Å². The Balaban J connectivity index is 1.94. The Morgan fingerprint density at radius 2 is 2.13 bits per heavy atom. The number of nitrogens with zero attached hydrogens (tertiary/aromatic N) is 3. The SMILES string of the molecule is CC(C)(C)OC(=O)N1CCO[C@H](Cn2cnc(C(F)(F)F)c2)C1. The minimum absolute atomic E-state index is 0.183. The lowest BCUT2D eigenvalue weighted by atomic mass is 10.2. The van der Waals surface area contributed by atoms with Crippen LogP contribution in [0.15, 0.2) is 12.5 Å². The molecule has 2 rings (SSSR count). The van der Waals surface area contributed by atoms with Gasteiger partial charge in [0.2, 0.25) is 0 Å². The molecule has 1 aromatic rings.